The zero-order valence-electron chi connectivity index (χ0n) is 16.8. The van der Waals surface area contributed by atoms with Gasteiger partial charge < -0.3 is 16.8 Å². The molecule has 0 spiro atoms. The summed E-state index contributed by atoms with van der Waals surface area (Å²) >= 11 is 0. The summed E-state index contributed by atoms with van der Waals surface area (Å²) in [5.74, 6) is 0. The van der Waals surface area contributed by atoms with E-state index >= 15 is 0 Å². The molecule has 0 aromatic carbocycles. The van der Waals surface area contributed by atoms with Gasteiger partial charge in [-0.05, 0) is 79.2 Å². The van der Waals surface area contributed by atoms with Gasteiger partial charge in [-0.3, -0.25) is 0 Å². The molecule has 0 fully saturated rings. The van der Waals surface area contributed by atoms with Crippen LogP contribution in [0.4, 0.5) is 0 Å². The fourth-order valence-corrected chi connectivity index (χ4v) is 20.8. The molecular weight excluding hydrogens is 344 g/mol. The van der Waals surface area contributed by atoms with Crippen LogP contribution >= 0.6 is 0 Å². The molecule has 0 aliphatic heterocycles. The van der Waals surface area contributed by atoms with E-state index in [9.17, 15) is 0 Å². The van der Waals surface area contributed by atoms with Crippen LogP contribution in [0.2, 0.25) is 58.4 Å². The van der Waals surface area contributed by atoms with Crippen LogP contribution in [0.3, 0.4) is 0 Å². The Labute approximate surface area is 142 Å². The van der Waals surface area contributed by atoms with E-state index in [0.717, 1.165) is 6.04 Å². The lowest BCUT2D eigenvalue weighted by Crippen LogP contribution is -2.57. The van der Waals surface area contributed by atoms with Crippen LogP contribution in [0.5, 0.6) is 0 Å². The van der Waals surface area contributed by atoms with Crippen LogP contribution < -0.4 is 0 Å². The van der Waals surface area contributed by atoms with Gasteiger partial charge in [0.1, 0.15) is 0 Å². The highest BCUT2D eigenvalue weighted by Gasteiger charge is 2.44. The van der Waals surface area contributed by atoms with Crippen molar-refractivity contribution < 1.29 is 16.8 Å². The molecule has 0 saturated carbocycles. The molecule has 4 nitrogen and oxygen atoms in total. The van der Waals surface area contributed by atoms with Crippen molar-refractivity contribution in [2.24, 2.45) is 0 Å². The van der Waals surface area contributed by atoms with E-state index in [1.165, 1.54) is 0 Å². The van der Waals surface area contributed by atoms with E-state index < -0.39 is 34.0 Å². The van der Waals surface area contributed by atoms with Crippen LogP contribution in [-0.2, 0) is 16.8 Å². The normalized spacial score (nSPS) is 15.3. The van der Waals surface area contributed by atoms with Crippen molar-refractivity contribution in [2.45, 2.75) is 91.7 Å². The van der Waals surface area contributed by atoms with Crippen LogP contribution in [0.15, 0.2) is 0 Å². The summed E-state index contributed by atoms with van der Waals surface area (Å²) in [5.41, 5.74) is -0.194. The largest absolute Gasteiger partial charge is 0.436 e. The molecular formula is C14H38O4Si4. The standard InChI is InChI=1S/C14H38O4Si4/c1-13-19(5,6)16-21(9,10)18-22(11,12)17-20(7,8)15-14(2,3)4/h13H2,1-12H3. The smallest absolute Gasteiger partial charge is 0.323 e. The minimum atomic E-state index is -2.29. The van der Waals surface area contributed by atoms with Crippen LogP contribution in [0.25, 0.3) is 0 Å². The number of rotatable bonds is 8. The highest BCUT2D eigenvalue weighted by Crippen LogP contribution is 2.27. The van der Waals surface area contributed by atoms with Gasteiger partial charge in [-0.15, -0.1) is 0 Å². The van der Waals surface area contributed by atoms with E-state index in [2.05, 4.69) is 80.1 Å². The lowest BCUT2D eigenvalue weighted by Gasteiger charge is -2.41. The molecule has 0 aliphatic rings. The second kappa shape index (κ2) is 7.30. The SMILES string of the molecule is CC[Si](C)(C)O[Si](C)(C)O[Si](C)(C)O[Si](C)(C)OC(C)(C)C. The minimum absolute atomic E-state index is 0.194. The molecule has 0 bridgehead atoms. The molecule has 0 unspecified atom stereocenters. The summed E-state index contributed by atoms with van der Waals surface area (Å²) in [5, 5.41) is 0. The van der Waals surface area contributed by atoms with Gasteiger partial charge in [0.25, 0.3) is 0 Å². The Bertz CT molecular complexity index is 362. The van der Waals surface area contributed by atoms with Crippen molar-refractivity contribution >= 4 is 34.0 Å². The quantitative estimate of drug-likeness (QED) is 0.542. The first-order valence-electron chi connectivity index (χ1n) is 8.19. The Morgan fingerprint density at radius 3 is 1.36 bits per heavy atom. The molecule has 0 N–H and O–H groups in total. The molecule has 0 saturated heterocycles. The monoisotopic (exact) mass is 382 g/mol. The Balaban J connectivity index is 4.88. The molecule has 0 aliphatic carbocycles. The van der Waals surface area contributed by atoms with Gasteiger partial charge in [-0.2, -0.15) is 0 Å². The molecule has 0 radical (unpaired) electrons. The summed E-state index contributed by atoms with van der Waals surface area (Å²) in [6.45, 7) is 25.6. The lowest BCUT2D eigenvalue weighted by atomic mass is 10.2. The second-order valence-corrected chi connectivity index (χ2v) is 24.1. The third-order valence-electron chi connectivity index (χ3n) is 2.91. The van der Waals surface area contributed by atoms with Gasteiger partial charge in [-0.25, -0.2) is 0 Å². The van der Waals surface area contributed by atoms with Gasteiger partial charge in [0.15, 0.2) is 8.32 Å². The Hall–Kier alpha value is 0.708. The maximum atomic E-state index is 6.44. The van der Waals surface area contributed by atoms with Gasteiger partial charge in [0, 0.05) is 0 Å². The predicted octanol–water partition coefficient (Wildman–Crippen LogP) is 5.18. The van der Waals surface area contributed by atoms with E-state index in [-0.39, 0.29) is 5.60 Å². The van der Waals surface area contributed by atoms with Crippen molar-refractivity contribution in [1.82, 2.24) is 0 Å². The van der Waals surface area contributed by atoms with E-state index in [4.69, 9.17) is 16.8 Å². The summed E-state index contributed by atoms with van der Waals surface area (Å²) in [6, 6.07) is 1.10. The summed E-state index contributed by atoms with van der Waals surface area (Å²) < 4.78 is 25.4. The van der Waals surface area contributed by atoms with Crippen LogP contribution in [-0.4, -0.2) is 39.6 Å². The Morgan fingerprint density at radius 2 is 1.00 bits per heavy atom. The molecule has 0 rings (SSSR count). The minimum Gasteiger partial charge on any atom is -0.436 e. The van der Waals surface area contributed by atoms with Crippen molar-refractivity contribution in [1.29, 1.82) is 0 Å². The number of hydrogen-bond acceptors (Lipinski definition) is 4. The molecule has 8 heteroatoms. The Morgan fingerprint density at radius 1 is 0.636 bits per heavy atom. The third kappa shape index (κ3) is 10.5. The maximum absolute atomic E-state index is 6.44. The van der Waals surface area contributed by atoms with Crippen molar-refractivity contribution in [3.8, 4) is 0 Å². The van der Waals surface area contributed by atoms with Crippen LogP contribution in [0, 0.1) is 0 Å². The molecule has 0 heterocycles. The lowest BCUT2D eigenvalue weighted by molar-refractivity contribution is 0.0887. The van der Waals surface area contributed by atoms with Crippen molar-refractivity contribution in [3.63, 3.8) is 0 Å². The number of hydrogen-bond donors (Lipinski definition) is 0. The molecule has 134 valence electrons. The third-order valence-corrected chi connectivity index (χ3v) is 17.8. The highest BCUT2D eigenvalue weighted by atomic mass is 28.5. The average molecular weight is 383 g/mol. The zero-order chi connectivity index (χ0) is 18.0. The van der Waals surface area contributed by atoms with Gasteiger partial charge >= 0.3 is 25.7 Å². The molecule has 0 aromatic heterocycles. The maximum Gasteiger partial charge on any atom is 0.323 e. The molecule has 0 atom stereocenters. The van der Waals surface area contributed by atoms with E-state index in [1.54, 1.807) is 0 Å². The van der Waals surface area contributed by atoms with Gasteiger partial charge in [0.2, 0.25) is 0 Å². The first kappa shape index (κ1) is 22.7. The fraction of sp³-hybridized carbons (Fsp3) is 1.00. The first-order valence-corrected chi connectivity index (χ1v) is 19.8. The molecule has 0 aromatic rings. The van der Waals surface area contributed by atoms with Crippen molar-refractivity contribution in [3.05, 3.63) is 0 Å². The van der Waals surface area contributed by atoms with E-state index in [1.807, 2.05) is 0 Å². The first-order chi connectivity index (χ1) is 9.39. The van der Waals surface area contributed by atoms with Gasteiger partial charge in [-0.1, -0.05) is 6.92 Å². The molecule has 0 amide bonds. The van der Waals surface area contributed by atoms with Gasteiger partial charge in [0.05, 0.1) is 5.60 Å². The average Bonchev–Trinajstić information content (AvgIpc) is 2.06. The second-order valence-electron chi connectivity index (χ2n) is 8.83. The van der Waals surface area contributed by atoms with Crippen LogP contribution in [0.1, 0.15) is 27.7 Å². The zero-order valence-corrected chi connectivity index (χ0v) is 20.8. The topological polar surface area (TPSA) is 36.9 Å². The summed E-state index contributed by atoms with van der Waals surface area (Å²) in [7, 11) is -8.33. The molecule has 22 heavy (non-hydrogen) atoms. The Kier molecular flexibility index (Phi) is 7.54. The highest BCUT2D eigenvalue weighted by molar-refractivity contribution is 6.88. The fourth-order valence-electron chi connectivity index (χ4n) is 2.72. The van der Waals surface area contributed by atoms with Crippen molar-refractivity contribution in [2.75, 3.05) is 0 Å². The predicted molar refractivity (Wildman–Crippen MR) is 105 cm³/mol. The summed E-state index contributed by atoms with van der Waals surface area (Å²) in [6.07, 6.45) is 0. The van der Waals surface area contributed by atoms with E-state index in [0.29, 0.717) is 0 Å². The summed E-state index contributed by atoms with van der Waals surface area (Å²) in [4.78, 5) is 0.